The van der Waals surface area contributed by atoms with Gasteiger partial charge in [-0.25, -0.2) is 9.37 Å². The Morgan fingerprint density at radius 2 is 1.92 bits per heavy atom. The number of fused-ring (bicyclic) bond motifs is 1. The summed E-state index contributed by atoms with van der Waals surface area (Å²) in [6.45, 7) is 1.70. The Morgan fingerprint density at radius 3 is 2.67 bits per heavy atom. The summed E-state index contributed by atoms with van der Waals surface area (Å²) < 4.78 is 13.0. The van der Waals surface area contributed by atoms with Crippen molar-refractivity contribution in [2.45, 2.75) is 18.9 Å². The average molecular weight is 327 g/mol. The molecule has 3 aromatic rings. The van der Waals surface area contributed by atoms with Crippen LogP contribution in [0, 0.1) is 5.82 Å². The molecule has 124 valence electrons. The fourth-order valence-corrected chi connectivity index (χ4v) is 2.88. The predicted octanol–water partition coefficient (Wildman–Crippen LogP) is 2.16. The lowest BCUT2D eigenvalue weighted by Crippen LogP contribution is -2.40. The lowest BCUT2D eigenvalue weighted by atomic mass is 10.1. The van der Waals surface area contributed by atoms with Gasteiger partial charge in [-0.15, -0.1) is 0 Å². The minimum atomic E-state index is -0.283. The highest BCUT2D eigenvalue weighted by atomic mass is 19.1. The monoisotopic (exact) mass is 327 g/mol. The van der Waals surface area contributed by atoms with Crippen LogP contribution in [-0.2, 0) is 0 Å². The molecule has 1 aliphatic rings. The van der Waals surface area contributed by atoms with Crippen molar-refractivity contribution in [3.63, 3.8) is 0 Å². The number of hydrogen-bond acceptors (Lipinski definition) is 6. The average Bonchev–Trinajstić information content (AvgIpc) is 3.05. The number of anilines is 3. The smallest absolute Gasteiger partial charge is 0.231 e. The number of piperidine rings is 1. The highest BCUT2D eigenvalue weighted by Crippen LogP contribution is 2.26. The van der Waals surface area contributed by atoms with Crippen molar-refractivity contribution in [3.8, 4) is 0 Å². The van der Waals surface area contributed by atoms with Crippen LogP contribution in [0.2, 0.25) is 0 Å². The molecule has 1 aliphatic heterocycles. The number of halogens is 1. The second kappa shape index (κ2) is 6.04. The van der Waals surface area contributed by atoms with Gasteiger partial charge in [0.25, 0.3) is 0 Å². The Labute approximate surface area is 138 Å². The van der Waals surface area contributed by atoms with E-state index in [0.717, 1.165) is 43.0 Å². The Kier molecular flexibility index (Phi) is 3.73. The molecule has 2 aromatic heterocycles. The fraction of sp³-hybridized carbons (Fsp3) is 0.312. The van der Waals surface area contributed by atoms with E-state index < -0.39 is 0 Å². The Hall–Kier alpha value is -2.74. The van der Waals surface area contributed by atoms with Gasteiger partial charge in [0.15, 0.2) is 11.5 Å². The van der Waals surface area contributed by atoms with Crippen LogP contribution < -0.4 is 16.0 Å². The zero-order chi connectivity index (χ0) is 16.5. The third kappa shape index (κ3) is 2.88. The Morgan fingerprint density at radius 1 is 1.17 bits per heavy atom. The van der Waals surface area contributed by atoms with E-state index in [1.807, 2.05) is 0 Å². The summed E-state index contributed by atoms with van der Waals surface area (Å²) in [6, 6.07) is 6.32. The molecule has 1 fully saturated rings. The largest absolute Gasteiger partial charge is 0.355 e. The number of hydrogen-bond donors (Lipinski definition) is 3. The topological polar surface area (TPSA) is 95.8 Å². The zero-order valence-corrected chi connectivity index (χ0v) is 13.0. The highest BCUT2D eigenvalue weighted by molar-refractivity contribution is 5.84. The molecule has 0 bridgehead atoms. The van der Waals surface area contributed by atoms with E-state index in [0.29, 0.717) is 11.6 Å². The third-order valence-corrected chi connectivity index (χ3v) is 4.21. The summed E-state index contributed by atoms with van der Waals surface area (Å²) in [6.07, 6.45) is 3.47. The first-order valence-electron chi connectivity index (χ1n) is 7.93. The van der Waals surface area contributed by atoms with Crippen LogP contribution in [-0.4, -0.2) is 39.1 Å². The van der Waals surface area contributed by atoms with Gasteiger partial charge >= 0.3 is 0 Å². The van der Waals surface area contributed by atoms with Crippen LogP contribution in [0.1, 0.15) is 12.8 Å². The Balaban J connectivity index is 1.68. The molecular formula is C16H18FN7. The molecular weight excluding hydrogens is 309 g/mol. The van der Waals surface area contributed by atoms with Gasteiger partial charge in [0.05, 0.1) is 6.33 Å². The van der Waals surface area contributed by atoms with Crippen molar-refractivity contribution < 1.29 is 4.39 Å². The lowest BCUT2D eigenvalue weighted by Gasteiger charge is -2.31. The van der Waals surface area contributed by atoms with Gasteiger partial charge in [-0.1, -0.05) is 0 Å². The van der Waals surface area contributed by atoms with Crippen molar-refractivity contribution in [3.05, 3.63) is 36.4 Å². The molecule has 3 heterocycles. The third-order valence-electron chi connectivity index (χ3n) is 4.21. The number of nitrogens with one attached hydrogen (secondary N) is 2. The summed E-state index contributed by atoms with van der Waals surface area (Å²) in [5.74, 6) is 0.967. The van der Waals surface area contributed by atoms with E-state index in [2.05, 4.69) is 30.2 Å². The maximum Gasteiger partial charge on any atom is 0.231 e. The predicted molar refractivity (Wildman–Crippen MR) is 90.8 cm³/mol. The van der Waals surface area contributed by atoms with Gasteiger partial charge in [-0.2, -0.15) is 9.97 Å². The first-order chi connectivity index (χ1) is 11.7. The standard InChI is InChI=1S/C16H18FN7/c17-10-1-3-12(4-2-10)21-16-22-14-13(19-9-20-14)15(23-16)24-7-5-11(18)6-8-24/h1-4,9,11H,5-8,18H2,(H2,19,20,21,22,23). The first kappa shape index (κ1) is 14.8. The van der Waals surface area contributed by atoms with Gasteiger partial charge in [0, 0.05) is 24.8 Å². The van der Waals surface area contributed by atoms with Gasteiger partial charge in [0.2, 0.25) is 5.95 Å². The van der Waals surface area contributed by atoms with Gasteiger partial charge in [-0.05, 0) is 37.1 Å². The molecule has 7 nitrogen and oxygen atoms in total. The summed E-state index contributed by atoms with van der Waals surface area (Å²) in [5, 5.41) is 3.11. The molecule has 0 saturated carbocycles. The molecule has 0 atom stereocenters. The number of benzene rings is 1. The van der Waals surface area contributed by atoms with Crippen LogP contribution in [0.15, 0.2) is 30.6 Å². The van der Waals surface area contributed by atoms with E-state index in [-0.39, 0.29) is 11.9 Å². The number of aromatic nitrogens is 4. The van der Waals surface area contributed by atoms with Crippen molar-refractivity contribution >= 4 is 28.6 Å². The fourth-order valence-electron chi connectivity index (χ4n) is 2.88. The first-order valence-corrected chi connectivity index (χ1v) is 7.93. The van der Waals surface area contributed by atoms with Crippen LogP contribution >= 0.6 is 0 Å². The number of imidazole rings is 1. The molecule has 0 amide bonds. The molecule has 1 aromatic carbocycles. The number of nitrogens with two attached hydrogens (primary N) is 1. The van der Waals surface area contributed by atoms with E-state index in [9.17, 15) is 4.39 Å². The van der Waals surface area contributed by atoms with E-state index in [1.54, 1.807) is 18.5 Å². The molecule has 4 N–H and O–H groups in total. The minimum absolute atomic E-state index is 0.247. The van der Waals surface area contributed by atoms with E-state index in [1.165, 1.54) is 12.1 Å². The van der Waals surface area contributed by atoms with Gasteiger partial charge in [-0.3, -0.25) is 0 Å². The molecule has 1 saturated heterocycles. The molecule has 0 spiro atoms. The van der Waals surface area contributed by atoms with Gasteiger partial charge in [0.1, 0.15) is 11.3 Å². The lowest BCUT2D eigenvalue weighted by molar-refractivity contribution is 0.499. The molecule has 24 heavy (non-hydrogen) atoms. The van der Waals surface area contributed by atoms with Crippen molar-refractivity contribution in [2.75, 3.05) is 23.3 Å². The number of H-pyrrole nitrogens is 1. The normalized spacial score (nSPS) is 15.8. The van der Waals surface area contributed by atoms with Crippen LogP contribution in [0.3, 0.4) is 0 Å². The molecule has 0 aliphatic carbocycles. The second-order valence-corrected chi connectivity index (χ2v) is 5.93. The summed E-state index contributed by atoms with van der Waals surface area (Å²) in [5.41, 5.74) is 8.12. The number of aromatic amines is 1. The maximum absolute atomic E-state index is 13.0. The van der Waals surface area contributed by atoms with Crippen LogP contribution in [0.4, 0.5) is 21.8 Å². The van der Waals surface area contributed by atoms with Gasteiger partial charge < -0.3 is 20.9 Å². The number of rotatable bonds is 3. The van der Waals surface area contributed by atoms with E-state index in [4.69, 9.17) is 5.73 Å². The second-order valence-electron chi connectivity index (χ2n) is 5.93. The molecule has 0 unspecified atom stereocenters. The number of nitrogens with zero attached hydrogens (tertiary/aromatic N) is 4. The summed E-state index contributed by atoms with van der Waals surface area (Å²) >= 11 is 0. The maximum atomic E-state index is 13.0. The van der Waals surface area contributed by atoms with Crippen LogP contribution in [0.5, 0.6) is 0 Å². The van der Waals surface area contributed by atoms with Crippen molar-refractivity contribution in [1.29, 1.82) is 0 Å². The molecule has 4 rings (SSSR count). The SMILES string of the molecule is NC1CCN(c2nc(Nc3ccc(F)cc3)nc3nc[nH]c23)CC1. The van der Waals surface area contributed by atoms with Crippen LogP contribution in [0.25, 0.3) is 11.2 Å². The molecule has 0 radical (unpaired) electrons. The van der Waals surface area contributed by atoms with Crippen molar-refractivity contribution in [2.24, 2.45) is 5.73 Å². The summed E-state index contributed by atoms with van der Waals surface area (Å²) in [4.78, 5) is 18.6. The van der Waals surface area contributed by atoms with Crippen molar-refractivity contribution in [1.82, 2.24) is 19.9 Å². The molecule has 8 heteroatoms. The Bertz CT molecular complexity index is 837. The minimum Gasteiger partial charge on any atom is -0.355 e. The van der Waals surface area contributed by atoms with E-state index >= 15 is 0 Å². The zero-order valence-electron chi connectivity index (χ0n) is 13.0. The highest BCUT2D eigenvalue weighted by Gasteiger charge is 2.21. The summed E-state index contributed by atoms with van der Waals surface area (Å²) in [7, 11) is 0. The quantitative estimate of drug-likeness (QED) is 0.682.